The second-order valence-electron chi connectivity index (χ2n) is 18.8. The zero-order valence-electron chi connectivity index (χ0n) is 43.8. The second kappa shape index (κ2) is 20.4. The van der Waals surface area contributed by atoms with E-state index in [4.69, 9.17) is 15.2 Å². The normalized spacial score (nSPS) is 19.8. The van der Waals surface area contributed by atoms with E-state index in [9.17, 15) is 0 Å². The quantitative estimate of drug-likeness (QED) is 0.122. The van der Waals surface area contributed by atoms with Crippen molar-refractivity contribution in [3.8, 4) is 17.4 Å². The Morgan fingerprint density at radius 3 is 1.96 bits per heavy atom. The first-order valence-electron chi connectivity index (χ1n) is 25.0. The summed E-state index contributed by atoms with van der Waals surface area (Å²) >= 11 is 0. The van der Waals surface area contributed by atoms with Gasteiger partial charge in [0.1, 0.15) is 11.7 Å². The van der Waals surface area contributed by atoms with Crippen LogP contribution in [-0.4, -0.2) is 29.1 Å². The predicted octanol–water partition coefficient (Wildman–Crippen LogP) is 13.3. The van der Waals surface area contributed by atoms with Crippen LogP contribution in [0, 0.1) is 18.8 Å². The maximum atomic E-state index is 9.07. The number of hydrogen-bond acceptors (Lipinski definition) is 7. The fourth-order valence-corrected chi connectivity index (χ4v) is 8.49. The first kappa shape index (κ1) is 42.8. The minimum absolute atomic E-state index is 0. The van der Waals surface area contributed by atoms with E-state index in [0.717, 1.165) is 44.7 Å². The summed E-state index contributed by atoms with van der Waals surface area (Å²) in [6, 6.07) is 28.2. The van der Waals surface area contributed by atoms with Crippen molar-refractivity contribution < 1.29 is 31.3 Å². The van der Waals surface area contributed by atoms with Gasteiger partial charge in [-0.1, -0.05) is 113 Å². The van der Waals surface area contributed by atoms with Crippen LogP contribution < -0.4 is 25.2 Å². The number of fused-ring (bicyclic) bond motifs is 4. The molecule has 0 spiro atoms. The molecule has 70 heavy (non-hydrogen) atoms. The van der Waals surface area contributed by atoms with Crippen molar-refractivity contribution in [1.82, 2.24) is 25.2 Å². The molecule has 2 N–H and O–H groups in total. The van der Waals surface area contributed by atoms with E-state index >= 15 is 0 Å². The third-order valence-corrected chi connectivity index (χ3v) is 12.0. The van der Waals surface area contributed by atoms with Gasteiger partial charge in [0.2, 0.25) is 0 Å². The molecule has 0 fully saturated rings. The Bertz CT molecular complexity index is 3510. The van der Waals surface area contributed by atoms with Crippen molar-refractivity contribution in [2.24, 2.45) is 0 Å². The predicted molar refractivity (Wildman–Crippen MR) is 288 cm³/mol. The number of nitrogens with zero attached hydrogens (tertiary/aromatic N) is 5. The van der Waals surface area contributed by atoms with Crippen LogP contribution in [0.4, 0.5) is 22.7 Å². The van der Waals surface area contributed by atoms with Crippen molar-refractivity contribution in [3.63, 3.8) is 0 Å². The number of ether oxygens (including phenoxy) is 1. The summed E-state index contributed by atoms with van der Waals surface area (Å²) in [5.74, 6) is 5.13. The third kappa shape index (κ3) is 9.92. The van der Waals surface area contributed by atoms with E-state index in [1.165, 1.54) is 5.56 Å². The average Bonchev–Trinajstić information content (AvgIpc) is 3.95. The number of nitrogens with one attached hydrogen (secondary N) is 2. The Kier molecular flexibility index (Phi) is 12.4. The molecule has 0 aliphatic carbocycles. The van der Waals surface area contributed by atoms with E-state index in [1.807, 2.05) is 85.5 Å². The molecule has 11 heteroatoms. The SMILES string of the molecule is [2H]c1c([2H])c([2H])c2c(c1[2H])c1ccc(Oc3[c-]c(N4[CH-]N(c5c(/C6=C/C=C\N/C=C\C=C/[B]6)cc(C(C)(C)C)cc5/C5=C/C=C\N/C=C\C=C/[B]5)c5ccccc54)ccn3)[c-]c1n2-c1cc(C(C)(C)C)ccn1.[Pt]. The molecule has 8 nitrogen and oxygen atoms in total. The van der Waals surface area contributed by atoms with Crippen LogP contribution in [-0.2, 0) is 31.9 Å². The standard InChI is InChI=1S/C59H52B2N7O.Pt/c1-58(2,3)41-25-33-64-55(37-41)68-51-20-8-7-17-45(51)46-24-23-44(39-54(46)68)69-56-38-43(26-34-65-56)66-40-67(53-22-10-9-21-52(53)66)57-47(49-18-15-31-62-29-13-11-27-60-49)35-42(59(4,5)6)36-48(57)50-19-16-32-63-30-14-12-28-61-50;/h7-37,40,62-63H,1-6H3;/q-3;/b27-11-,28-12-,29-13-,30-14-,31-15-,32-16-,49-18-,50-19-;/i7D,8D,17D,20D;. The van der Waals surface area contributed by atoms with Gasteiger partial charge in [-0.25, -0.2) is 4.98 Å². The van der Waals surface area contributed by atoms with Gasteiger partial charge in [0, 0.05) is 80.4 Å². The summed E-state index contributed by atoms with van der Waals surface area (Å²) < 4.78 is 43.5. The average molecular weight is 1100 g/mol. The minimum atomic E-state index is -0.329. The number of rotatable bonds is 7. The van der Waals surface area contributed by atoms with Gasteiger partial charge in [0.05, 0.1) is 5.48 Å². The van der Waals surface area contributed by atoms with E-state index < -0.39 is 0 Å². The molecule has 0 amide bonds. The Labute approximate surface area is 433 Å². The molecule has 0 bridgehead atoms. The van der Waals surface area contributed by atoms with Crippen molar-refractivity contribution >= 4 is 70.1 Å². The van der Waals surface area contributed by atoms with E-state index in [1.54, 1.807) is 29.1 Å². The van der Waals surface area contributed by atoms with Gasteiger partial charge >= 0.3 is 0 Å². The molecular formula is C59H52B2N7OPt-3. The molecule has 348 valence electrons. The van der Waals surface area contributed by atoms with Crippen molar-refractivity contribution in [2.75, 3.05) is 9.80 Å². The van der Waals surface area contributed by atoms with Gasteiger partial charge in [-0.15, -0.1) is 36.1 Å². The number of pyridine rings is 2. The summed E-state index contributed by atoms with van der Waals surface area (Å²) in [6.07, 6.45) is 27.3. The van der Waals surface area contributed by atoms with Gasteiger partial charge in [-0.05, 0) is 111 Å². The topological polar surface area (TPSA) is 70.5 Å². The molecule has 10 rings (SSSR count). The zero-order valence-corrected chi connectivity index (χ0v) is 42.1. The van der Waals surface area contributed by atoms with Crippen LogP contribution in [0.1, 0.15) is 69.3 Å². The van der Waals surface area contributed by atoms with Gasteiger partial charge in [-0.3, -0.25) is 4.98 Å². The summed E-state index contributed by atoms with van der Waals surface area (Å²) in [6.45, 7) is 15.2. The number of aromatic nitrogens is 3. The van der Waals surface area contributed by atoms with Gasteiger partial charge < -0.3 is 29.7 Å². The van der Waals surface area contributed by atoms with Crippen LogP contribution in [0.25, 0.3) is 38.6 Å². The van der Waals surface area contributed by atoms with Crippen molar-refractivity contribution in [1.29, 1.82) is 0 Å². The molecule has 3 aromatic heterocycles. The largest absolute Gasteiger partial charge is 0.503 e. The Hall–Kier alpha value is -7.28. The fourth-order valence-electron chi connectivity index (χ4n) is 8.49. The summed E-state index contributed by atoms with van der Waals surface area (Å²) in [4.78, 5) is 13.7. The van der Waals surface area contributed by atoms with E-state index in [-0.39, 0.29) is 61.9 Å². The number of anilines is 4. The molecule has 0 atom stereocenters. The molecule has 6 heterocycles. The fraction of sp³-hybridized carbons (Fsp3) is 0.136. The molecule has 3 aliphatic heterocycles. The summed E-state index contributed by atoms with van der Waals surface area (Å²) in [7, 11) is 4.30. The van der Waals surface area contributed by atoms with Crippen LogP contribution >= 0.6 is 0 Å². The monoisotopic (exact) mass is 1100 g/mol. The first-order valence-corrected chi connectivity index (χ1v) is 23.0. The molecule has 3 aliphatic rings. The number of para-hydroxylation sites is 3. The van der Waals surface area contributed by atoms with Crippen LogP contribution in [0.3, 0.4) is 0 Å². The van der Waals surface area contributed by atoms with E-state index in [0.29, 0.717) is 39.1 Å². The molecule has 2 radical (unpaired) electrons. The molecule has 0 saturated heterocycles. The number of benzene rings is 4. The molecule has 0 unspecified atom stereocenters. The third-order valence-electron chi connectivity index (χ3n) is 12.0. The van der Waals surface area contributed by atoms with Gasteiger partial charge in [0.25, 0.3) is 0 Å². The Morgan fingerprint density at radius 1 is 0.657 bits per heavy atom. The Morgan fingerprint density at radius 2 is 1.29 bits per heavy atom. The molecule has 7 aromatic rings. The van der Waals surface area contributed by atoms with Crippen LogP contribution in [0.15, 0.2) is 189 Å². The van der Waals surface area contributed by atoms with E-state index in [2.05, 4.69) is 155 Å². The maximum Gasteiger partial charge on any atom is 0.182 e. The smallest absolute Gasteiger partial charge is 0.182 e. The van der Waals surface area contributed by atoms with Gasteiger partial charge in [-0.2, -0.15) is 23.9 Å². The Balaban J connectivity index is 0.00000672. The van der Waals surface area contributed by atoms with Crippen molar-refractivity contribution in [2.45, 2.75) is 52.4 Å². The number of allylic oxidation sites excluding steroid dienone is 8. The minimum Gasteiger partial charge on any atom is -0.503 e. The van der Waals surface area contributed by atoms with Crippen LogP contribution in [0.5, 0.6) is 11.6 Å². The summed E-state index contributed by atoms with van der Waals surface area (Å²) in [5, 5.41) is 7.41. The maximum absolute atomic E-state index is 9.07. The molecule has 4 aromatic carbocycles. The zero-order chi connectivity index (χ0) is 51.0. The van der Waals surface area contributed by atoms with Gasteiger partial charge in [0.15, 0.2) is 14.6 Å². The molecular weight excluding hydrogens is 1040 g/mol. The number of hydrogen-bond donors (Lipinski definition) is 2. The second-order valence-corrected chi connectivity index (χ2v) is 18.8. The van der Waals surface area contributed by atoms with Crippen molar-refractivity contribution in [3.05, 3.63) is 230 Å². The van der Waals surface area contributed by atoms with Crippen LogP contribution in [0.2, 0.25) is 0 Å². The molecule has 0 saturated carbocycles. The first-order chi connectivity index (χ1) is 35.2. The summed E-state index contributed by atoms with van der Waals surface area (Å²) in [5.41, 5.74) is 10.2.